The molecule has 1 aromatic heterocycles. The number of hydrogen-bond acceptors (Lipinski definition) is 2. The van der Waals surface area contributed by atoms with Crippen molar-refractivity contribution in [2.45, 2.75) is 26.3 Å². The maximum absolute atomic E-state index is 5.95. The molecule has 2 unspecified atom stereocenters. The molecule has 0 bridgehead atoms. The highest BCUT2D eigenvalue weighted by atomic mass is 35.5. The molecular formula is C9H14ClNO. The summed E-state index contributed by atoms with van der Waals surface area (Å²) >= 11 is 5.79. The molecule has 0 radical (unpaired) electrons. The molecule has 12 heavy (non-hydrogen) atoms. The predicted octanol–water partition coefficient (Wildman–Crippen LogP) is 2.98. The van der Waals surface area contributed by atoms with Crippen LogP contribution in [0.1, 0.15) is 31.9 Å². The first-order valence-electron chi connectivity index (χ1n) is 4.15. The van der Waals surface area contributed by atoms with Crippen molar-refractivity contribution >= 4 is 11.6 Å². The van der Waals surface area contributed by atoms with Gasteiger partial charge in [0.25, 0.3) is 0 Å². The topological polar surface area (TPSA) is 39.2 Å². The highest BCUT2D eigenvalue weighted by molar-refractivity contribution is 6.29. The molecule has 3 heteroatoms. The van der Waals surface area contributed by atoms with E-state index in [1.165, 1.54) is 0 Å². The highest BCUT2D eigenvalue weighted by Crippen LogP contribution is 2.28. The maximum atomic E-state index is 5.95. The van der Waals surface area contributed by atoms with Gasteiger partial charge in [0.15, 0.2) is 5.22 Å². The lowest BCUT2D eigenvalue weighted by Gasteiger charge is -2.16. The fourth-order valence-electron chi connectivity index (χ4n) is 1.10. The lowest BCUT2D eigenvalue weighted by atomic mass is 9.95. The van der Waals surface area contributed by atoms with Gasteiger partial charge in [0.1, 0.15) is 0 Å². The van der Waals surface area contributed by atoms with E-state index in [1.807, 2.05) is 6.07 Å². The van der Waals surface area contributed by atoms with Crippen molar-refractivity contribution in [3.63, 3.8) is 0 Å². The van der Waals surface area contributed by atoms with Gasteiger partial charge in [0.05, 0.1) is 6.26 Å². The van der Waals surface area contributed by atoms with Crippen molar-refractivity contribution in [1.82, 2.24) is 0 Å². The molecule has 2 nitrogen and oxygen atoms in total. The molecule has 68 valence electrons. The van der Waals surface area contributed by atoms with Gasteiger partial charge >= 0.3 is 0 Å². The van der Waals surface area contributed by atoms with Crippen LogP contribution in [0.2, 0.25) is 5.22 Å². The summed E-state index contributed by atoms with van der Waals surface area (Å²) in [6.07, 6.45) is 2.61. The summed E-state index contributed by atoms with van der Waals surface area (Å²) in [6.45, 7) is 4.21. The van der Waals surface area contributed by atoms with Gasteiger partial charge in [0, 0.05) is 11.6 Å². The van der Waals surface area contributed by atoms with Crippen LogP contribution in [0.5, 0.6) is 0 Å². The predicted molar refractivity (Wildman–Crippen MR) is 50.1 cm³/mol. The Bertz CT molecular complexity index is 246. The van der Waals surface area contributed by atoms with Gasteiger partial charge in [-0.15, -0.1) is 0 Å². The zero-order valence-corrected chi connectivity index (χ0v) is 8.14. The molecule has 2 N–H and O–H groups in total. The van der Waals surface area contributed by atoms with E-state index in [0.717, 1.165) is 12.0 Å². The fraction of sp³-hybridized carbons (Fsp3) is 0.556. The van der Waals surface area contributed by atoms with Crippen LogP contribution in [0, 0.1) is 5.92 Å². The van der Waals surface area contributed by atoms with E-state index < -0.39 is 0 Å². The average molecular weight is 188 g/mol. The van der Waals surface area contributed by atoms with Crippen LogP contribution in [-0.4, -0.2) is 0 Å². The second-order valence-corrected chi connectivity index (χ2v) is 3.40. The van der Waals surface area contributed by atoms with Crippen molar-refractivity contribution in [2.75, 3.05) is 0 Å². The van der Waals surface area contributed by atoms with Crippen LogP contribution < -0.4 is 5.73 Å². The van der Waals surface area contributed by atoms with Gasteiger partial charge in [-0.2, -0.15) is 0 Å². The molecule has 0 aromatic carbocycles. The molecule has 0 aliphatic rings. The molecule has 1 aromatic rings. The minimum Gasteiger partial charge on any atom is -0.453 e. The summed E-state index contributed by atoms with van der Waals surface area (Å²) in [7, 11) is 0. The molecule has 0 aliphatic heterocycles. The summed E-state index contributed by atoms with van der Waals surface area (Å²) in [6, 6.07) is 1.82. The molecule has 2 atom stereocenters. The Hall–Kier alpha value is -0.470. The third kappa shape index (κ3) is 1.82. The van der Waals surface area contributed by atoms with Crippen LogP contribution in [0.3, 0.4) is 0 Å². The lowest BCUT2D eigenvalue weighted by molar-refractivity contribution is 0.451. The smallest absolute Gasteiger partial charge is 0.197 e. The van der Waals surface area contributed by atoms with Crippen LogP contribution in [0.15, 0.2) is 16.7 Å². The van der Waals surface area contributed by atoms with E-state index in [0.29, 0.717) is 11.1 Å². The standard InChI is InChI=1S/C9H14ClNO/c1-3-6(2)8(11)7-4-5-12-9(7)10/h4-6,8H,3,11H2,1-2H3. The second kappa shape index (κ2) is 3.97. The van der Waals surface area contributed by atoms with Crippen LogP contribution >= 0.6 is 11.6 Å². The zero-order chi connectivity index (χ0) is 9.14. The summed E-state index contributed by atoms with van der Waals surface area (Å²) in [5, 5.41) is 0.419. The van der Waals surface area contributed by atoms with Crippen molar-refractivity contribution in [3.8, 4) is 0 Å². The Morgan fingerprint density at radius 1 is 1.67 bits per heavy atom. The van der Waals surface area contributed by atoms with Crippen molar-refractivity contribution in [3.05, 3.63) is 23.1 Å². The summed E-state index contributed by atoms with van der Waals surface area (Å²) in [5.74, 6) is 0.431. The molecule has 1 heterocycles. The van der Waals surface area contributed by atoms with E-state index in [-0.39, 0.29) is 6.04 Å². The Morgan fingerprint density at radius 3 is 2.75 bits per heavy atom. The van der Waals surface area contributed by atoms with E-state index in [1.54, 1.807) is 6.26 Å². The molecule has 0 fully saturated rings. The monoisotopic (exact) mass is 187 g/mol. The Kier molecular flexibility index (Phi) is 3.18. The first-order chi connectivity index (χ1) is 5.66. The van der Waals surface area contributed by atoms with Gasteiger partial charge < -0.3 is 10.2 Å². The van der Waals surface area contributed by atoms with Gasteiger partial charge in [-0.25, -0.2) is 0 Å². The average Bonchev–Trinajstić information content (AvgIpc) is 2.48. The molecule has 1 rings (SSSR count). The number of nitrogens with two attached hydrogens (primary N) is 1. The van der Waals surface area contributed by atoms with E-state index in [2.05, 4.69) is 13.8 Å². The van der Waals surface area contributed by atoms with Gasteiger partial charge in [-0.3, -0.25) is 0 Å². The molecular weight excluding hydrogens is 174 g/mol. The van der Waals surface area contributed by atoms with Crippen molar-refractivity contribution in [1.29, 1.82) is 0 Å². The third-order valence-electron chi connectivity index (χ3n) is 2.26. The maximum Gasteiger partial charge on any atom is 0.197 e. The number of rotatable bonds is 3. The van der Waals surface area contributed by atoms with Crippen molar-refractivity contribution in [2.24, 2.45) is 11.7 Å². The summed E-state index contributed by atoms with van der Waals surface area (Å²) < 4.78 is 4.97. The number of hydrogen-bond donors (Lipinski definition) is 1. The molecule has 0 saturated heterocycles. The first-order valence-corrected chi connectivity index (χ1v) is 4.53. The molecule has 0 aliphatic carbocycles. The lowest BCUT2D eigenvalue weighted by Crippen LogP contribution is -2.18. The Morgan fingerprint density at radius 2 is 2.33 bits per heavy atom. The van der Waals surface area contributed by atoms with E-state index >= 15 is 0 Å². The minimum atomic E-state index is -0.0127. The summed E-state index contributed by atoms with van der Waals surface area (Å²) in [5.41, 5.74) is 6.86. The SMILES string of the molecule is CCC(C)C(N)c1ccoc1Cl. The first kappa shape index (κ1) is 9.62. The summed E-state index contributed by atoms with van der Waals surface area (Å²) in [4.78, 5) is 0. The van der Waals surface area contributed by atoms with Gasteiger partial charge in [-0.05, 0) is 23.6 Å². The molecule has 0 spiro atoms. The number of furan rings is 1. The quantitative estimate of drug-likeness (QED) is 0.790. The Balaban J connectivity index is 2.77. The zero-order valence-electron chi connectivity index (χ0n) is 7.38. The minimum absolute atomic E-state index is 0.0127. The van der Waals surface area contributed by atoms with Crippen LogP contribution in [-0.2, 0) is 0 Å². The van der Waals surface area contributed by atoms with Crippen LogP contribution in [0.4, 0.5) is 0 Å². The van der Waals surface area contributed by atoms with Crippen LogP contribution in [0.25, 0.3) is 0 Å². The molecule has 0 amide bonds. The normalized spacial score (nSPS) is 16.0. The molecule has 0 saturated carbocycles. The van der Waals surface area contributed by atoms with Gasteiger partial charge in [0.2, 0.25) is 0 Å². The van der Waals surface area contributed by atoms with Gasteiger partial charge in [-0.1, -0.05) is 20.3 Å². The highest BCUT2D eigenvalue weighted by Gasteiger charge is 2.17. The van der Waals surface area contributed by atoms with Crippen molar-refractivity contribution < 1.29 is 4.42 Å². The third-order valence-corrected chi connectivity index (χ3v) is 2.57. The van der Waals surface area contributed by atoms with E-state index in [9.17, 15) is 0 Å². The van der Waals surface area contributed by atoms with E-state index in [4.69, 9.17) is 21.8 Å². The second-order valence-electron chi connectivity index (χ2n) is 3.06. The fourth-order valence-corrected chi connectivity index (χ4v) is 1.34. The largest absolute Gasteiger partial charge is 0.453 e. The Labute approximate surface area is 77.7 Å². The number of halogens is 1.